The molecule has 114 valence electrons. The lowest BCUT2D eigenvalue weighted by atomic mass is 10.1. The van der Waals surface area contributed by atoms with Crippen LogP contribution in [0.3, 0.4) is 0 Å². The number of nitrogens with one attached hydrogen (secondary N) is 1. The highest BCUT2D eigenvalue weighted by Crippen LogP contribution is 2.24. The summed E-state index contributed by atoms with van der Waals surface area (Å²) in [6.45, 7) is 4.58. The molecule has 0 saturated carbocycles. The van der Waals surface area contributed by atoms with Gasteiger partial charge in [0.15, 0.2) is 0 Å². The second-order valence-corrected chi connectivity index (χ2v) is 5.36. The zero-order valence-corrected chi connectivity index (χ0v) is 12.7. The Balaban J connectivity index is 1.95. The quantitative estimate of drug-likeness (QED) is 0.889. The van der Waals surface area contributed by atoms with Crippen molar-refractivity contribution in [3.8, 4) is 0 Å². The highest BCUT2D eigenvalue weighted by atomic mass is 16.3. The van der Waals surface area contributed by atoms with Crippen LogP contribution in [0.15, 0.2) is 28.7 Å². The van der Waals surface area contributed by atoms with Gasteiger partial charge in [0.2, 0.25) is 0 Å². The van der Waals surface area contributed by atoms with Crippen molar-refractivity contribution in [2.24, 2.45) is 0 Å². The predicted octanol–water partition coefficient (Wildman–Crippen LogP) is 2.65. The Morgan fingerprint density at radius 2 is 2.14 bits per heavy atom. The molecule has 2 N–H and O–H groups in total. The number of benzene rings is 1. The summed E-state index contributed by atoms with van der Waals surface area (Å²) in [4.78, 5) is 13.5. The van der Waals surface area contributed by atoms with Gasteiger partial charge in [0, 0.05) is 24.5 Å². The number of aryl methyl sites for hydroxylation is 1. The van der Waals surface area contributed by atoms with Crippen LogP contribution in [0.25, 0.3) is 11.0 Å². The molecule has 5 nitrogen and oxygen atoms in total. The summed E-state index contributed by atoms with van der Waals surface area (Å²) in [5.74, 6) is 0.772. The van der Waals surface area contributed by atoms with Crippen molar-refractivity contribution in [1.82, 2.24) is 10.2 Å². The molecule has 2 rings (SSSR count). The number of hydrogen-bond donors (Lipinski definition) is 2. The normalized spacial score (nSPS) is 12.4. The van der Waals surface area contributed by atoms with Gasteiger partial charge in [-0.2, -0.15) is 0 Å². The van der Waals surface area contributed by atoms with Crippen LogP contribution in [0, 0.1) is 6.92 Å². The third-order valence-corrected chi connectivity index (χ3v) is 3.57. The lowest BCUT2D eigenvalue weighted by Crippen LogP contribution is -2.38. The Kier molecular flexibility index (Phi) is 4.85. The summed E-state index contributed by atoms with van der Waals surface area (Å²) in [5, 5.41) is 13.1. The summed E-state index contributed by atoms with van der Waals surface area (Å²) in [6.07, 6.45) is 0.158. The van der Waals surface area contributed by atoms with Gasteiger partial charge < -0.3 is 19.7 Å². The minimum absolute atomic E-state index is 0.171. The number of urea groups is 1. The van der Waals surface area contributed by atoms with E-state index in [-0.39, 0.29) is 6.03 Å². The van der Waals surface area contributed by atoms with E-state index in [4.69, 9.17) is 4.42 Å². The predicted molar refractivity (Wildman–Crippen MR) is 82.1 cm³/mol. The second kappa shape index (κ2) is 6.63. The van der Waals surface area contributed by atoms with E-state index < -0.39 is 6.10 Å². The number of carbonyl (C=O) groups is 1. The number of para-hydroxylation sites is 1. The van der Waals surface area contributed by atoms with E-state index >= 15 is 0 Å². The van der Waals surface area contributed by atoms with Crippen LogP contribution in [0.1, 0.15) is 24.7 Å². The fourth-order valence-corrected chi connectivity index (χ4v) is 2.17. The number of nitrogens with zero attached hydrogens (tertiary/aromatic N) is 1. The minimum Gasteiger partial charge on any atom is -0.459 e. The number of fused-ring (bicyclic) bond motifs is 1. The molecule has 2 amide bonds. The van der Waals surface area contributed by atoms with Crippen LogP contribution in [-0.2, 0) is 6.54 Å². The van der Waals surface area contributed by atoms with E-state index in [0.717, 1.165) is 22.3 Å². The van der Waals surface area contributed by atoms with E-state index in [1.165, 1.54) is 0 Å². The second-order valence-electron chi connectivity index (χ2n) is 5.36. The monoisotopic (exact) mass is 290 g/mol. The Hall–Kier alpha value is -2.01. The first kappa shape index (κ1) is 15.4. The van der Waals surface area contributed by atoms with Crippen LogP contribution in [0.4, 0.5) is 4.79 Å². The molecule has 1 unspecified atom stereocenters. The van der Waals surface area contributed by atoms with Gasteiger partial charge in [-0.15, -0.1) is 0 Å². The number of rotatable bonds is 5. The first-order chi connectivity index (χ1) is 9.99. The van der Waals surface area contributed by atoms with Gasteiger partial charge in [-0.3, -0.25) is 0 Å². The van der Waals surface area contributed by atoms with Gasteiger partial charge in [0.05, 0.1) is 12.6 Å². The van der Waals surface area contributed by atoms with Crippen LogP contribution in [0.5, 0.6) is 0 Å². The Morgan fingerprint density at radius 3 is 2.81 bits per heavy atom. The fraction of sp³-hybridized carbons (Fsp3) is 0.438. The molecule has 0 saturated heterocycles. The van der Waals surface area contributed by atoms with Crippen molar-refractivity contribution in [3.63, 3.8) is 0 Å². The van der Waals surface area contributed by atoms with Crippen LogP contribution >= 0.6 is 0 Å². The average Bonchev–Trinajstić information content (AvgIpc) is 2.79. The Morgan fingerprint density at radius 1 is 1.43 bits per heavy atom. The molecule has 0 fully saturated rings. The Bertz CT molecular complexity index is 619. The van der Waals surface area contributed by atoms with Crippen LogP contribution in [0.2, 0.25) is 0 Å². The number of carbonyl (C=O) groups excluding carboxylic acids is 1. The van der Waals surface area contributed by atoms with Gasteiger partial charge >= 0.3 is 6.03 Å². The van der Waals surface area contributed by atoms with Crippen molar-refractivity contribution in [2.75, 3.05) is 13.6 Å². The lowest BCUT2D eigenvalue weighted by molar-refractivity contribution is 0.163. The molecule has 2 aromatic rings. The molecule has 0 radical (unpaired) electrons. The lowest BCUT2D eigenvalue weighted by Gasteiger charge is -2.18. The Labute approximate surface area is 124 Å². The number of hydrogen-bond acceptors (Lipinski definition) is 3. The fourth-order valence-electron chi connectivity index (χ4n) is 2.17. The van der Waals surface area contributed by atoms with Gasteiger partial charge in [-0.1, -0.05) is 18.2 Å². The highest BCUT2D eigenvalue weighted by molar-refractivity contribution is 5.82. The molecule has 5 heteroatoms. The van der Waals surface area contributed by atoms with Crippen molar-refractivity contribution < 1.29 is 14.3 Å². The molecule has 1 aromatic carbocycles. The maximum atomic E-state index is 11.9. The van der Waals surface area contributed by atoms with Gasteiger partial charge in [-0.25, -0.2) is 4.79 Å². The van der Waals surface area contributed by atoms with E-state index in [0.29, 0.717) is 19.5 Å². The molecular weight excluding hydrogens is 268 g/mol. The largest absolute Gasteiger partial charge is 0.459 e. The van der Waals surface area contributed by atoms with Crippen molar-refractivity contribution in [2.45, 2.75) is 32.9 Å². The maximum absolute atomic E-state index is 11.9. The maximum Gasteiger partial charge on any atom is 0.317 e. The summed E-state index contributed by atoms with van der Waals surface area (Å²) in [6, 6.07) is 7.65. The molecule has 0 bridgehead atoms. The summed E-state index contributed by atoms with van der Waals surface area (Å²) in [7, 11) is 1.71. The molecule has 0 aliphatic heterocycles. The van der Waals surface area contributed by atoms with Crippen LogP contribution in [-0.4, -0.2) is 35.7 Å². The van der Waals surface area contributed by atoms with Gasteiger partial charge in [0.25, 0.3) is 0 Å². The number of aliphatic hydroxyl groups excluding tert-OH is 1. The SMILES string of the molecule is Cc1c(CNC(=O)N(C)CCC(C)O)oc2ccccc12. The molecule has 1 atom stereocenters. The van der Waals surface area contributed by atoms with Gasteiger partial charge in [0.1, 0.15) is 11.3 Å². The molecule has 1 aromatic heterocycles. The molecule has 0 aliphatic rings. The smallest absolute Gasteiger partial charge is 0.317 e. The van der Waals surface area contributed by atoms with Gasteiger partial charge in [-0.05, 0) is 26.3 Å². The average molecular weight is 290 g/mol. The zero-order chi connectivity index (χ0) is 15.4. The number of furan rings is 1. The molecular formula is C16H22N2O3. The topological polar surface area (TPSA) is 65.7 Å². The van der Waals surface area contributed by atoms with E-state index in [1.807, 2.05) is 31.2 Å². The van der Waals surface area contributed by atoms with E-state index in [1.54, 1.807) is 18.9 Å². The summed E-state index contributed by atoms with van der Waals surface area (Å²) in [5.41, 5.74) is 1.89. The summed E-state index contributed by atoms with van der Waals surface area (Å²) >= 11 is 0. The first-order valence-corrected chi connectivity index (χ1v) is 7.13. The van der Waals surface area contributed by atoms with Crippen LogP contribution < -0.4 is 5.32 Å². The minimum atomic E-state index is -0.405. The van der Waals surface area contributed by atoms with E-state index in [9.17, 15) is 9.90 Å². The zero-order valence-electron chi connectivity index (χ0n) is 12.7. The first-order valence-electron chi connectivity index (χ1n) is 7.13. The van der Waals surface area contributed by atoms with E-state index in [2.05, 4.69) is 5.32 Å². The van der Waals surface area contributed by atoms with Crippen molar-refractivity contribution in [3.05, 3.63) is 35.6 Å². The highest BCUT2D eigenvalue weighted by Gasteiger charge is 2.13. The van der Waals surface area contributed by atoms with Crippen molar-refractivity contribution >= 4 is 17.0 Å². The summed E-state index contributed by atoms with van der Waals surface area (Å²) < 4.78 is 5.75. The standard InChI is InChI=1S/C16H22N2O3/c1-11(19)8-9-18(3)16(20)17-10-15-12(2)13-6-4-5-7-14(13)21-15/h4-7,11,19H,8-10H2,1-3H3,(H,17,20). The molecule has 0 spiro atoms. The molecule has 1 heterocycles. The number of amides is 2. The number of aliphatic hydroxyl groups is 1. The third-order valence-electron chi connectivity index (χ3n) is 3.57. The third kappa shape index (κ3) is 3.76. The molecule has 21 heavy (non-hydrogen) atoms. The van der Waals surface area contributed by atoms with Crippen molar-refractivity contribution in [1.29, 1.82) is 0 Å². The molecule has 0 aliphatic carbocycles.